The molecule has 10 nitrogen and oxygen atoms in total. The molecule has 1 saturated carbocycles. The van der Waals surface area contributed by atoms with Crippen LogP contribution in [0.1, 0.15) is 49.8 Å². The molecule has 7 atom stereocenters. The largest absolute Gasteiger partial charge is 0.508 e. The number of hydrogen-bond acceptors (Lipinski definition) is 8. The van der Waals surface area contributed by atoms with Gasteiger partial charge in [-0.3, -0.25) is 10.1 Å². The van der Waals surface area contributed by atoms with Crippen molar-refractivity contribution in [1.82, 2.24) is 15.5 Å². The second kappa shape index (κ2) is 10.4. The Kier molecular flexibility index (Phi) is 7.14. The summed E-state index contributed by atoms with van der Waals surface area (Å²) in [6.07, 6.45) is 2.79. The van der Waals surface area contributed by atoms with Crippen molar-refractivity contribution < 1.29 is 34.4 Å². The minimum Gasteiger partial charge on any atom is -0.508 e. The number of carboxylic acid groups (broad SMARTS) is 1. The number of nitrogens with zero attached hydrogens (tertiary/aromatic N) is 1. The van der Waals surface area contributed by atoms with Gasteiger partial charge in [-0.05, 0) is 74.5 Å². The van der Waals surface area contributed by atoms with Crippen LogP contribution in [-0.4, -0.2) is 88.7 Å². The highest BCUT2D eigenvalue weighted by Gasteiger charge is 2.73. The number of methoxy groups -OCH3 is 1. The van der Waals surface area contributed by atoms with E-state index < -0.39 is 29.1 Å². The number of carbonyl (C=O) groups excluding carboxylic acids is 1. The van der Waals surface area contributed by atoms with Crippen molar-refractivity contribution in [2.24, 2.45) is 5.92 Å². The Hall–Kier alpha value is -3.34. The van der Waals surface area contributed by atoms with E-state index in [1.165, 1.54) is 17.7 Å². The quantitative estimate of drug-likeness (QED) is 0.303. The minimum atomic E-state index is -1.13. The molecule has 2 heterocycles. The van der Waals surface area contributed by atoms with E-state index in [1.54, 1.807) is 25.3 Å². The van der Waals surface area contributed by atoms with Gasteiger partial charge in [-0.15, -0.1) is 0 Å². The van der Waals surface area contributed by atoms with Crippen LogP contribution >= 0.6 is 0 Å². The maximum Gasteiger partial charge on any atom is 0.326 e. The predicted molar refractivity (Wildman–Crippen MR) is 155 cm³/mol. The molecule has 2 aliphatic carbocycles. The van der Waals surface area contributed by atoms with Crippen LogP contribution in [0.4, 0.5) is 0 Å². The number of likely N-dealkylation sites (N-methyl/N-ethyl adjacent to an activating group) is 1. The summed E-state index contributed by atoms with van der Waals surface area (Å²) in [6, 6.07) is 8.15. The van der Waals surface area contributed by atoms with Crippen LogP contribution < -0.4 is 15.4 Å². The van der Waals surface area contributed by atoms with Crippen LogP contribution in [0.3, 0.4) is 0 Å². The summed E-state index contributed by atoms with van der Waals surface area (Å²) in [4.78, 5) is 28.2. The molecule has 2 fully saturated rings. The van der Waals surface area contributed by atoms with Crippen molar-refractivity contribution in [2.45, 2.75) is 87.2 Å². The molecule has 4 aliphatic rings. The molecule has 0 radical (unpaired) electrons. The first kappa shape index (κ1) is 28.8. The van der Waals surface area contributed by atoms with Crippen LogP contribution in [0.15, 0.2) is 36.4 Å². The molecule has 1 amide bonds. The third kappa shape index (κ3) is 4.18. The van der Waals surface area contributed by atoms with Crippen LogP contribution in [0.5, 0.6) is 17.2 Å². The Morgan fingerprint density at radius 1 is 1.14 bits per heavy atom. The lowest BCUT2D eigenvalue weighted by molar-refractivity contribution is -0.204. The third-order valence-corrected chi connectivity index (χ3v) is 10.4. The second-order valence-corrected chi connectivity index (χ2v) is 12.8. The first-order valence-electron chi connectivity index (χ1n) is 14.9. The zero-order valence-electron chi connectivity index (χ0n) is 24.6. The van der Waals surface area contributed by atoms with Gasteiger partial charge in [0, 0.05) is 31.2 Å². The van der Waals surface area contributed by atoms with Gasteiger partial charge in [0.1, 0.15) is 17.9 Å². The number of piperidine rings is 1. The van der Waals surface area contributed by atoms with Gasteiger partial charge in [0.25, 0.3) is 0 Å². The van der Waals surface area contributed by atoms with E-state index in [-0.39, 0.29) is 47.9 Å². The first-order valence-corrected chi connectivity index (χ1v) is 14.9. The van der Waals surface area contributed by atoms with E-state index in [9.17, 15) is 24.9 Å². The van der Waals surface area contributed by atoms with Crippen molar-refractivity contribution in [3.05, 3.63) is 53.1 Å². The van der Waals surface area contributed by atoms with Crippen LogP contribution in [0.25, 0.3) is 0 Å². The Labute approximate surface area is 246 Å². The summed E-state index contributed by atoms with van der Waals surface area (Å²) >= 11 is 0. The second-order valence-electron chi connectivity index (χ2n) is 12.8. The Morgan fingerprint density at radius 2 is 1.88 bits per heavy atom. The van der Waals surface area contributed by atoms with Crippen LogP contribution in [-0.2, 0) is 32.6 Å². The number of aromatic hydroxyl groups is 2. The first-order chi connectivity index (χ1) is 20.0. The van der Waals surface area contributed by atoms with Gasteiger partial charge in [-0.2, -0.15) is 0 Å². The summed E-state index contributed by atoms with van der Waals surface area (Å²) in [7, 11) is 3.94. The maximum absolute atomic E-state index is 13.7. The summed E-state index contributed by atoms with van der Waals surface area (Å²) < 4.78 is 13.2. The fourth-order valence-corrected chi connectivity index (χ4v) is 8.44. The van der Waals surface area contributed by atoms with Gasteiger partial charge in [0.2, 0.25) is 5.91 Å². The van der Waals surface area contributed by atoms with E-state index in [4.69, 9.17) is 9.47 Å². The lowest BCUT2D eigenvalue weighted by atomic mass is 9.48. The molecule has 10 heteroatoms. The molecule has 6 rings (SSSR count). The highest BCUT2D eigenvalue weighted by Crippen LogP contribution is 2.66. The number of phenols is 2. The number of aliphatic carboxylic acids is 1. The fraction of sp³-hybridized carbons (Fsp3) is 0.562. The topological polar surface area (TPSA) is 141 Å². The van der Waals surface area contributed by atoms with Crippen molar-refractivity contribution in [2.75, 3.05) is 20.7 Å². The van der Waals surface area contributed by atoms with Gasteiger partial charge in [-0.1, -0.05) is 32.0 Å². The van der Waals surface area contributed by atoms with Crippen LogP contribution in [0, 0.1) is 5.92 Å². The highest BCUT2D eigenvalue weighted by molar-refractivity contribution is 5.87. The van der Waals surface area contributed by atoms with Crippen molar-refractivity contribution in [3.63, 3.8) is 0 Å². The molecule has 2 aromatic rings. The number of benzene rings is 2. The molecule has 1 saturated heterocycles. The smallest absolute Gasteiger partial charge is 0.326 e. The van der Waals surface area contributed by atoms with Crippen molar-refractivity contribution in [3.8, 4) is 17.2 Å². The van der Waals surface area contributed by atoms with Crippen molar-refractivity contribution >= 4 is 11.9 Å². The number of carboxylic acids is 1. The number of phenolic OH excluding ortho intramolecular Hbond substituents is 2. The third-order valence-electron chi connectivity index (χ3n) is 10.4. The molecular weight excluding hydrogens is 538 g/mol. The Bertz CT molecular complexity index is 1380. The summed E-state index contributed by atoms with van der Waals surface area (Å²) in [5, 5.41) is 36.8. The molecule has 2 aliphatic heterocycles. The van der Waals surface area contributed by atoms with E-state index in [2.05, 4.69) is 22.6 Å². The van der Waals surface area contributed by atoms with E-state index in [0.717, 1.165) is 31.4 Å². The van der Waals surface area contributed by atoms with Crippen LogP contribution in [0.2, 0.25) is 0 Å². The number of amides is 1. The summed E-state index contributed by atoms with van der Waals surface area (Å²) in [5.41, 5.74) is 1.93. The Morgan fingerprint density at radius 3 is 2.55 bits per heavy atom. The van der Waals surface area contributed by atoms with E-state index in [0.29, 0.717) is 17.7 Å². The maximum atomic E-state index is 13.7. The zero-order chi connectivity index (χ0) is 30.0. The van der Waals surface area contributed by atoms with Crippen molar-refractivity contribution in [1.29, 1.82) is 0 Å². The number of likely N-dealkylation sites (tertiary alicyclic amines) is 1. The summed E-state index contributed by atoms with van der Waals surface area (Å²) in [6.45, 7) is 4.74. The SMILES string of the molecule is CO[C@@]12CC[C@H](NC(C(=O)NC(Cc3ccc(O)cc3)C(=O)O)C(C)C)[C@@H]3Oc4c(O)ccc5c4[C@@]31CCN(C)C2C5. The number of rotatable bonds is 9. The monoisotopic (exact) mass is 579 g/mol. The molecular formula is C32H41N3O7. The number of ether oxygens (including phenoxy) is 2. The average Bonchev–Trinajstić information content (AvgIpc) is 3.32. The number of nitrogens with one attached hydrogen (secondary N) is 2. The normalized spacial score (nSPS) is 30.7. The lowest BCUT2D eigenvalue weighted by Crippen LogP contribution is -2.78. The molecule has 2 aromatic carbocycles. The lowest BCUT2D eigenvalue weighted by Gasteiger charge is -2.65. The standard InChI is InChI=1S/C32H41N3O7/c1-17(2)26(29(38)34-22(30(39)40)15-18-5-8-20(36)9-6-18)33-21-11-12-32(41-4)24-16-19-7-10-23(37)27-25(19)31(32,28(21)42-27)13-14-35(24)3/h5-10,17,21-22,24,26,28,33,36-37H,11-16H2,1-4H3,(H,34,38)(H,39,40)/t21-,22?,24?,26?,28-,31-,32+/m0/s1. The zero-order valence-corrected chi connectivity index (χ0v) is 24.6. The molecule has 0 aromatic heterocycles. The van der Waals surface area contributed by atoms with Gasteiger partial charge in [-0.25, -0.2) is 4.79 Å². The minimum absolute atomic E-state index is 0.0903. The number of hydrogen-bond donors (Lipinski definition) is 5. The molecule has 42 heavy (non-hydrogen) atoms. The molecule has 1 spiro atoms. The van der Waals surface area contributed by atoms with Gasteiger partial charge < -0.3 is 35.0 Å². The fourth-order valence-electron chi connectivity index (χ4n) is 8.44. The molecule has 2 bridgehead atoms. The van der Waals surface area contributed by atoms with Gasteiger partial charge in [0.05, 0.1) is 17.1 Å². The van der Waals surface area contributed by atoms with E-state index in [1.807, 2.05) is 19.9 Å². The molecule has 3 unspecified atom stereocenters. The average molecular weight is 580 g/mol. The van der Waals surface area contributed by atoms with Gasteiger partial charge >= 0.3 is 5.97 Å². The predicted octanol–water partition coefficient (Wildman–Crippen LogP) is 2.33. The number of carbonyl (C=O) groups is 2. The van der Waals surface area contributed by atoms with Gasteiger partial charge in [0.15, 0.2) is 11.5 Å². The van der Waals surface area contributed by atoms with E-state index >= 15 is 0 Å². The highest BCUT2D eigenvalue weighted by atomic mass is 16.5. The Balaban J connectivity index is 1.29. The molecule has 226 valence electrons. The summed E-state index contributed by atoms with van der Waals surface area (Å²) in [5.74, 6) is -0.909. The molecule has 5 N–H and O–H groups in total.